The van der Waals surface area contributed by atoms with Crippen LogP contribution in [0, 0.1) is 23.0 Å². The van der Waals surface area contributed by atoms with E-state index in [0.29, 0.717) is 17.5 Å². The number of rotatable bonds is 5. The number of nitrogens with zero attached hydrogens (tertiary/aromatic N) is 3. The number of anilines is 1. The van der Waals surface area contributed by atoms with Gasteiger partial charge in [0, 0.05) is 18.2 Å². The van der Waals surface area contributed by atoms with Crippen molar-refractivity contribution in [3.8, 4) is 0 Å². The fourth-order valence-corrected chi connectivity index (χ4v) is 2.85. The van der Waals surface area contributed by atoms with E-state index >= 15 is 0 Å². The van der Waals surface area contributed by atoms with Gasteiger partial charge >= 0.3 is 0 Å². The molecule has 1 aromatic heterocycles. The molecule has 1 fully saturated rings. The third kappa shape index (κ3) is 3.26. The molecule has 2 rings (SSSR count). The van der Waals surface area contributed by atoms with Gasteiger partial charge < -0.3 is 4.90 Å². The molecule has 1 saturated heterocycles. The number of aromatic nitrogens is 1. The van der Waals surface area contributed by atoms with Gasteiger partial charge in [0.05, 0.1) is 4.92 Å². The van der Waals surface area contributed by atoms with Crippen LogP contribution in [-0.2, 0) is 0 Å². The Morgan fingerprint density at radius 1 is 1.55 bits per heavy atom. The lowest BCUT2D eigenvalue weighted by molar-refractivity contribution is -0.385. The number of hydrogen-bond acceptors (Lipinski definition) is 4. The summed E-state index contributed by atoms with van der Waals surface area (Å²) < 4.78 is 0. The van der Waals surface area contributed by atoms with Crippen LogP contribution in [0.2, 0.25) is 0 Å². The molecule has 2 heterocycles. The van der Waals surface area contributed by atoms with Gasteiger partial charge in [-0.1, -0.05) is 13.8 Å². The highest BCUT2D eigenvalue weighted by atomic mass is 16.6. The lowest BCUT2D eigenvalue weighted by Gasteiger charge is -2.26. The monoisotopic (exact) mass is 277 g/mol. The summed E-state index contributed by atoms with van der Waals surface area (Å²) in [6.07, 6.45) is 6.16. The molecule has 0 aromatic carbocycles. The summed E-state index contributed by atoms with van der Waals surface area (Å²) in [7, 11) is 0. The number of aryl methyl sites for hydroxylation is 1. The minimum absolute atomic E-state index is 0.103. The minimum atomic E-state index is -0.369. The zero-order valence-corrected chi connectivity index (χ0v) is 12.5. The largest absolute Gasteiger partial charge is 0.354 e. The van der Waals surface area contributed by atoms with Crippen molar-refractivity contribution < 1.29 is 4.92 Å². The van der Waals surface area contributed by atoms with Crippen LogP contribution >= 0.6 is 0 Å². The molecular formula is C15H23N3O2. The second-order valence-electron chi connectivity index (χ2n) is 6.05. The smallest absolute Gasteiger partial charge is 0.290 e. The molecule has 1 unspecified atom stereocenters. The minimum Gasteiger partial charge on any atom is -0.354 e. The van der Waals surface area contributed by atoms with E-state index in [0.717, 1.165) is 12.4 Å². The Labute approximate surface area is 120 Å². The molecule has 110 valence electrons. The average molecular weight is 277 g/mol. The first-order chi connectivity index (χ1) is 9.49. The van der Waals surface area contributed by atoms with E-state index in [1.807, 2.05) is 6.07 Å². The van der Waals surface area contributed by atoms with Crippen LogP contribution in [0.3, 0.4) is 0 Å². The van der Waals surface area contributed by atoms with E-state index in [1.54, 1.807) is 6.92 Å². The predicted molar refractivity (Wildman–Crippen MR) is 80.1 cm³/mol. The zero-order valence-electron chi connectivity index (χ0n) is 12.5. The Balaban J connectivity index is 2.13. The summed E-state index contributed by atoms with van der Waals surface area (Å²) >= 11 is 0. The maximum Gasteiger partial charge on any atom is 0.290 e. The Morgan fingerprint density at radius 2 is 2.30 bits per heavy atom. The van der Waals surface area contributed by atoms with E-state index in [9.17, 15) is 10.1 Å². The van der Waals surface area contributed by atoms with Crippen LogP contribution in [0.25, 0.3) is 0 Å². The predicted octanol–water partition coefficient (Wildman–Crippen LogP) is 3.70. The Bertz CT molecular complexity index is 488. The summed E-state index contributed by atoms with van der Waals surface area (Å²) in [5.74, 6) is 1.60. The maximum absolute atomic E-state index is 10.8. The van der Waals surface area contributed by atoms with Crippen molar-refractivity contribution in [1.29, 1.82) is 0 Å². The van der Waals surface area contributed by atoms with Gasteiger partial charge in [0.1, 0.15) is 12.0 Å². The Kier molecular flexibility index (Phi) is 4.57. The molecule has 1 aliphatic rings. The summed E-state index contributed by atoms with van der Waals surface area (Å²) in [5.41, 5.74) is 0.793. The highest BCUT2D eigenvalue weighted by Gasteiger charge is 2.26. The van der Waals surface area contributed by atoms with Crippen molar-refractivity contribution in [3.05, 3.63) is 27.9 Å². The molecule has 0 aliphatic carbocycles. The molecule has 20 heavy (non-hydrogen) atoms. The van der Waals surface area contributed by atoms with Gasteiger partial charge in [-0.15, -0.1) is 0 Å². The average Bonchev–Trinajstić information content (AvgIpc) is 2.83. The summed E-state index contributed by atoms with van der Waals surface area (Å²) in [6.45, 7) is 7.27. The van der Waals surface area contributed by atoms with Gasteiger partial charge in [-0.25, -0.2) is 4.98 Å². The van der Waals surface area contributed by atoms with Crippen molar-refractivity contribution >= 4 is 11.5 Å². The summed E-state index contributed by atoms with van der Waals surface area (Å²) in [5, 5.41) is 10.8. The molecule has 0 amide bonds. The van der Waals surface area contributed by atoms with Crippen molar-refractivity contribution in [2.75, 3.05) is 11.4 Å². The van der Waals surface area contributed by atoms with E-state index < -0.39 is 0 Å². The SMILES string of the molecule is Cc1cc(N2CCCC2CCC(C)C)ncc1[N+](=O)[O-]. The number of hydrogen-bond donors (Lipinski definition) is 0. The first-order valence-corrected chi connectivity index (χ1v) is 7.36. The highest BCUT2D eigenvalue weighted by molar-refractivity contribution is 5.49. The third-order valence-corrected chi connectivity index (χ3v) is 4.01. The fraction of sp³-hybridized carbons (Fsp3) is 0.667. The second kappa shape index (κ2) is 6.20. The van der Waals surface area contributed by atoms with Crippen LogP contribution in [0.1, 0.15) is 45.1 Å². The van der Waals surface area contributed by atoms with Crippen LogP contribution < -0.4 is 4.90 Å². The van der Waals surface area contributed by atoms with Gasteiger partial charge in [-0.3, -0.25) is 10.1 Å². The van der Waals surface area contributed by atoms with Crippen molar-refractivity contribution in [3.63, 3.8) is 0 Å². The molecule has 0 spiro atoms. The standard InChI is InChI=1S/C15H23N3O2/c1-11(2)6-7-13-5-4-8-17(13)15-9-12(3)14(10-16-15)18(19)20/h9-11,13H,4-8H2,1-3H3. The van der Waals surface area contributed by atoms with Crippen molar-refractivity contribution in [2.45, 2.75) is 52.5 Å². The van der Waals surface area contributed by atoms with Crippen LogP contribution in [-0.4, -0.2) is 22.5 Å². The number of pyridine rings is 1. The van der Waals surface area contributed by atoms with Crippen molar-refractivity contribution in [2.24, 2.45) is 5.92 Å². The van der Waals surface area contributed by atoms with Gasteiger partial charge in [0.2, 0.25) is 0 Å². The van der Waals surface area contributed by atoms with Gasteiger partial charge in [-0.05, 0) is 44.6 Å². The van der Waals surface area contributed by atoms with E-state index in [1.165, 1.54) is 31.9 Å². The van der Waals surface area contributed by atoms with Crippen molar-refractivity contribution in [1.82, 2.24) is 4.98 Å². The maximum atomic E-state index is 10.8. The summed E-state index contributed by atoms with van der Waals surface area (Å²) in [6, 6.07) is 2.39. The molecule has 1 aromatic rings. The highest BCUT2D eigenvalue weighted by Crippen LogP contribution is 2.30. The van der Waals surface area contributed by atoms with E-state index in [-0.39, 0.29) is 10.6 Å². The molecule has 5 nitrogen and oxygen atoms in total. The molecule has 0 N–H and O–H groups in total. The second-order valence-corrected chi connectivity index (χ2v) is 6.05. The van der Waals surface area contributed by atoms with Gasteiger partial charge in [-0.2, -0.15) is 0 Å². The molecule has 1 atom stereocenters. The normalized spacial score (nSPS) is 18.8. The van der Waals surface area contributed by atoms with E-state index in [2.05, 4.69) is 23.7 Å². The molecule has 5 heteroatoms. The Morgan fingerprint density at radius 3 is 2.90 bits per heavy atom. The topological polar surface area (TPSA) is 59.3 Å². The molecular weight excluding hydrogens is 254 g/mol. The molecule has 1 aliphatic heterocycles. The van der Waals surface area contributed by atoms with Crippen LogP contribution in [0.15, 0.2) is 12.3 Å². The molecule has 0 saturated carbocycles. The first kappa shape index (κ1) is 14.8. The van der Waals surface area contributed by atoms with Gasteiger partial charge in [0.15, 0.2) is 0 Å². The fourth-order valence-electron chi connectivity index (χ4n) is 2.85. The van der Waals surface area contributed by atoms with Crippen LogP contribution in [0.4, 0.5) is 11.5 Å². The quantitative estimate of drug-likeness (QED) is 0.608. The first-order valence-electron chi connectivity index (χ1n) is 7.36. The van der Waals surface area contributed by atoms with Crippen LogP contribution in [0.5, 0.6) is 0 Å². The van der Waals surface area contributed by atoms with E-state index in [4.69, 9.17) is 0 Å². The molecule has 0 bridgehead atoms. The lowest BCUT2D eigenvalue weighted by Crippen LogP contribution is -2.30. The summed E-state index contributed by atoms with van der Waals surface area (Å²) in [4.78, 5) is 17.1. The Hall–Kier alpha value is -1.65. The van der Waals surface area contributed by atoms with Gasteiger partial charge in [0.25, 0.3) is 5.69 Å². The third-order valence-electron chi connectivity index (χ3n) is 4.01. The lowest BCUT2D eigenvalue weighted by atomic mass is 10.0. The zero-order chi connectivity index (χ0) is 14.7. The number of nitro groups is 1. The molecule has 0 radical (unpaired) electrons.